The molecule has 1 unspecified atom stereocenters. The first-order chi connectivity index (χ1) is 9.85. The fourth-order valence-electron chi connectivity index (χ4n) is 2.12. The molecule has 116 valence electrons. The van der Waals surface area contributed by atoms with E-state index in [1.807, 2.05) is 20.8 Å². The van der Waals surface area contributed by atoms with Crippen LogP contribution in [0.3, 0.4) is 0 Å². The molecule has 1 aromatic heterocycles. The summed E-state index contributed by atoms with van der Waals surface area (Å²) < 4.78 is 11.8. The van der Waals surface area contributed by atoms with Gasteiger partial charge in [0.05, 0.1) is 10.5 Å². The van der Waals surface area contributed by atoms with E-state index in [-0.39, 0.29) is 12.1 Å². The second-order valence-corrected chi connectivity index (χ2v) is 6.88. The molecule has 21 heavy (non-hydrogen) atoms. The molecule has 1 amide bonds. The number of carbonyl (C=O) groups excluding carboxylic acids is 1. The molecule has 0 aromatic carbocycles. The van der Waals surface area contributed by atoms with Crippen LogP contribution in [-0.2, 0) is 4.74 Å². The van der Waals surface area contributed by atoms with Crippen molar-refractivity contribution >= 4 is 22.0 Å². The molecule has 1 fully saturated rings. The maximum absolute atomic E-state index is 12.1. The van der Waals surface area contributed by atoms with Gasteiger partial charge >= 0.3 is 12.1 Å². The number of nitrogens with zero attached hydrogens (tertiary/aromatic N) is 3. The van der Waals surface area contributed by atoms with Gasteiger partial charge in [-0.05, 0) is 49.5 Å². The lowest BCUT2D eigenvalue weighted by Gasteiger charge is -2.28. The van der Waals surface area contributed by atoms with Gasteiger partial charge in [0.15, 0.2) is 0 Å². The van der Waals surface area contributed by atoms with Gasteiger partial charge in [0.1, 0.15) is 12.2 Å². The molecule has 0 aliphatic carbocycles. The van der Waals surface area contributed by atoms with Crippen molar-refractivity contribution in [1.82, 2.24) is 14.9 Å². The predicted octanol–water partition coefficient (Wildman–Crippen LogP) is 3.02. The third-order valence-corrected chi connectivity index (χ3v) is 3.42. The molecule has 1 saturated heterocycles. The summed E-state index contributed by atoms with van der Waals surface area (Å²) in [5.41, 5.74) is -0.486. The topological polar surface area (TPSA) is 64.5 Å². The van der Waals surface area contributed by atoms with E-state index >= 15 is 0 Å². The number of ether oxygens (including phenoxy) is 2. The van der Waals surface area contributed by atoms with Crippen LogP contribution >= 0.6 is 15.9 Å². The van der Waals surface area contributed by atoms with Crippen LogP contribution in [-0.4, -0.2) is 45.8 Å². The van der Waals surface area contributed by atoms with Crippen molar-refractivity contribution in [3.8, 4) is 6.01 Å². The number of hydrogen-bond acceptors (Lipinski definition) is 5. The summed E-state index contributed by atoms with van der Waals surface area (Å²) in [4.78, 5) is 22.0. The molecule has 7 heteroatoms. The van der Waals surface area contributed by atoms with E-state index in [4.69, 9.17) is 9.47 Å². The third-order valence-electron chi connectivity index (χ3n) is 3.01. The Bertz CT molecular complexity index is 487. The third kappa shape index (κ3) is 4.84. The van der Waals surface area contributed by atoms with Crippen LogP contribution in [0.2, 0.25) is 0 Å². The minimum Gasteiger partial charge on any atom is -0.461 e. The van der Waals surface area contributed by atoms with Crippen LogP contribution in [0, 0.1) is 0 Å². The summed E-state index contributed by atoms with van der Waals surface area (Å²) >= 11 is 3.27. The normalized spacial score (nSPS) is 18.7. The van der Waals surface area contributed by atoms with Crippen LogP contribution in [0.25, 0.3) is 0 Å². The zero-order valence-corrected chi connectivity index (χ0v) is 14.1. The first-order valence-electron chi connectivity index (χ1n) is 6.95. The second-order valence-electron chi connectivity index (χ2n) is 5.96. The number of halogens is 1. The summed E-state index contributed by atoms with van der Waals surface area (Å²) in [7, 11) is 0. The highest BCUT2D eigenvalue weighted by molar-refractivity contribution is 9.10. The van der Waals surface area contributed by atoms with Crippen molar-refractivity contribution in [1.29, 1.82) is 0 Å². The van der Waals surface area contributed by atoms with E-state index < -0.39 is 5.60 Å². The Kier molecular flexibility index (Phi) is 5.03. The molecular weight excluding hydrogens is 338 g/mol. The zero-order chi connectivity index (χ0) is 15.5. The van der Waals surface area contributed by atoms with E-state index in [0.29, 0.717) is 19.2 Å². The van der Waals surface area contributed by atoms with Gasteiger partial charge in [0.2, 0.25) is 0 Å². The SMILES string of the molecule is CC(C)(C)OC(=O)N1CCCC1COc1ncc(Br)cn1. The fourth-order valence-corrected chi connectivity index (χ4v) is 2.32. The summed E-state index contributed by atoms with van der Waals surface area (Å²) in [6, 6.07) is 0.321. The average Bonchev–Trinajstić information content (AvgIpc) is 2.84. The van der Waals surface area contributed by atoms with Crippen molar-refractivity contribution in [2.45, 2.75) is 45.3 Å². The lowest BCUT2D eigenvalue weighted by molar-refractivity contribution is 0.0184. The minimum absolute atomic E-state index is 0.00657. The van der Waals surface area contributed by atoms with Gasteiger partial charge in [-0.3, -0.25) is 0 Å². The Morgan fingerprint density at radius 1 is 1.43 bits per heavy atom. The maximum atomic E-state index is 12.1. The monoisotopic (exact) mass is 357 g/mol. The van der Waals surface area contributed by atoms with Crippen LogP contribution in [0.5, 0.6) is 6.01 Å². The molecule has 0 radical (unpaired) electrons. The summed E-state index contributed by atoms with van der Waals surface area (Å²) in [6.07, 6.45) is 4.82. The van der Waals surface area contributed by atoms with E-state index in [1.54, 1.807) is 17.3 Å². The van der Waals surface area contributed by atoms with Crippen LogP contribution in [0.15, 0.2) is 16.9 Å². The highest BCUT2D eigenvalue weighted by atomic mass is 79.9. The van der Waals surface area contributed by atoms with Crippen molar-refractivity contribution < 1.29 is 14.3 Å². The smallest absolute Gasteiger partial charge is 0.410 e. The lowest BCUT2D eigenvalue weighted by Crippen LogP contribution is -2.42. The van der Waals surface area contributed by atoms with Crippen molar-refractivity contribution in [3.63, 3.8) is 0 Å². The molecule has 2 heterocycles. The number of rotatable bonds is 3. The van der Waals surface area contributed by atoms with Gasteiger partial charge in [0, 0.05) is 18.9 Å². The number of aromatic nitrogens is 2. The molecule has 1 aliphatic heterocycles. The van der Waals surface area contributed by atoms with Crippen LogP contribution < -0.4 is 4.74 Å². The molecular formula is C14H20BrN3O3. The molecule has 0 bridgehead atoms. The Labute approximate surface area is 133 Å². The van der Waals surface area contributed by atoms with Gasteiger partial charge < -0.3 is 14.4 Å². The van der Waals surface area contributed by atoms with Crippen molar-refractivity contribution in [2.24, 2.45) is 0 Å². The van der Waals surface area contributed by atoms with E-state index in [2.05, 4.69) is 25.9 Å². The molecule has 1 aromatic rings. The van der Waals surface area contributed by atoms with Crippen LogP contribution in [0.4, 0.5) is 4.79 Å². The van der Waals surface area contributed by atoms with Gasteiger partial charge in [0.25, 0.3) is 0 Å². The van der Waals surface area contributed by atoms with Crippen LogP contribution in [0.1, 0.15) is 33.6 Å². The average molecular weight is 358 g/mol. The molecule has 2 rings (SSSR count). The highest BCUT2D eigenvalue weighted by Crippen LogP contribution is 2.21. The molecule has 0 N–H and O–H groups in total. The fraction of sp³-hybridized carbons (Fsp3) is 0.643. The van der Waals surface area contributed by atoms with Gasteiger partial charge in [-0.1, -0.05) is 0 Å². The van der Waals surface area contributed by atoms with Gasteiger partial charge in [-0.25, -0.2) is 14.8 Å². The molecule has 6 nitrogen and oxygen atoms in total. The molecule has 1 aliphatic rings. The molecule has 0 saturated carbocycles. The first kappa shape index (κ1) is 16.0. The number of carbonyl (C=O) groups is 1. The largest absolute Gasteiger partial charge is 0.461 e. The Balaban J connectivity index is 1.90. The maximum Gasteiger partial charge on any atom is 0.410 e. The molecule has 1 atom stereocenters. The number of hydrogen-bond donors (Lipinski definition) is 0. The Morgan fingerprint density at radius 3 is 2.71 bits per heavy atom. The summed E-state index contributed by atoms with van der Waals surface area (Å²) in [6.45, 7) is 6.66. The van der Waals surface area contributed by atoms with E-state index in [9.17, 15) is 4.79 Å². The zero-order valence-electron chi connectivity index (χ0n) is 12.5. The van der Waals surface area contributed by atoms with Gasteiger partial charge in [-0.2, -0.15) is 0 Å². The standard InChI is InChI=1S/C14H20BrN3O3/c1-14(2,3)21-13(19)18-6-4-5-11(18)9-20-12-16-7-10(15)8-17-12/h7-8,11H,4-6,9H2,1-3H3. The number of likely N-dealkylation sites (tertiary alicyclic amines) is 1. The van der Waals surface area contributed by atoms with Crippen molar-refractivity contribution in [3.05, 3.63) is 16.9 Å². The highest BCUT2D eigenvalue weighted by Gasteiger charge is 2.32. The Morgan fingerprint density at radius 2 is 2.10 bits per heavy atom. The molecule has 0 spiro atoms. The minimum atomic E-state index is -0.486. The lowest BCUT2D eigenvalue weighted by atomic mass is 10.2. The second kappa shape index (κ2) is 6.60. The van der Waals surface area contributed by atoms with Crippen molar-refractivity contribution in [2.75, 3.05) is 13.2 Å². The quantitative estimate of drug-likeness (QED) is 0.831. The predicted molar refractivity (Wildman–Crippen MR) is 81.2 cm³/mol. The summed E-state index contributed by atoms with van der Waals surface area (Å²) in [5, 5.41) is 0. The summed E-state index contributed by atoms with van der Waals surface area (Å²) in [5.74, 6) is 0. The number of amides is 1. The Hall–Kier alpha value is -1.37. The first-order valence-corrected chi connectivity index (χ1v) is 7.74. The van der Waals surface area contributed by atoms with E-state index in [1.165, 1.54) is 0 Å². The van der Waals surface area contributed by atoms with Gasteiger partial charge in [-0.15, -0.1) is 0 Å². The van der Waals surface area contributed by atoms with E-state index in [0.717, 1.165) is 17.3 Å².